The molecule has 106 valence electrons. The minimum atomic E-state index is 0.516. The molecular formula is C17H21NO2. The van der Waals surface area contributed by atoms with E-state index in [1.54, 1.807) is 0 Å². The summed E-state index contributed by atoms with van der Waals surface area (Å²) in [4.78, 5) is 0. The number of rotatable bonds is 6. The maximum Gasteiger partial charge on any atom is 0.125 e. The first-order valence-corrected chi connectivity index (χ1v) is 6.81. The summed E-state index contributed by atoms with van der Waals surface area (Å²) in [6, 6.07) is 14.0. The van der Waals surface area contributed by atoms with Crippen molar-refractivity contribution in [2.24, 2.45) is 5.73 Å². The van der Waals surface area contributed by atoms with E-state index in [0.29, 0.717) is 19.8 Å². The van der Waals surface area contributed by atoms with Crippen molar-refractivity contribution < 1.29 is 9.47 Å². The molecule has 0 aromatic heterocycles. The Morgan fingerprint density at radius 2 is 1.55 bits per heavy atom. The lowest BCUT2D eigenvalue weighted by Gasteiger charge is -2.12. The summed E-state index contributed by atoms with van der Waals surface area (Å²) in [5, 5.41) is 0. The third-order valence-electron chi connectivity index (χ3n) is 3.14. The molecule has 0 amide bonds. The summed E-state index contributed by atoms with van der Waals surface area (Å²) in [5.74, 6) is 1.78. The molecule has 2 aromatic rings. The van der Waals surface area contributed by atoms with Gasteiger partial charge in [0.25, 0.3) is 0 Å². The highest BCUT2D eigenvalue weighted by Gasteiger charge is 2.03. The van der Waals surface area contributed by atoms with Gasteiger partial charge in [0.1, 0.15) is 24.7 Å². The summed E-state index contributed by atoms with van der Waals surface area (Å²) >= 11 is 0. The van der Waals surface area contributed by atoms with Crippen LogP contribution < -0.4 is 15.2 Å². The summed E-state index contributed by atoms with van der Waals surface area (Å²) in [6.45, 7) is 5.66. The van der Waals surface area contributed by atoms with E-state index >= 15 is 0 Å². The second kappa shape index (κ2) is 6.96. The van der Waals surface area contributed by atoms with Crippen LogP contribution in [0.15, 0.2) is 42.5 Å². The van der Waals surface area contributed by atoms with Crippen LogP contribution in [0.3, 0.4) is 0 Å². The summed E-state index contributed by atoms with van der Waals surface area (Å²) in [6.07, 6.45) is 0. The number of hydrogen-bond acceptors (Lipinski definition) is 3. The summed E-state index contributed by atoms with van der Waals surface area (Å²) in [5.41, 5.74) is 8.97. The third kappa shape index (κ3) is 3.75. The van der Waals surface area contributed by atoms with Crippen LogP contribution >= 0.6 is 0 Å². The molecule has 2 N–H and O–H groups in total. The Bertz CT molecular complexity index is 546. The first kappa shape index (κ1) is 14.4. The maximum absolute atomic E-state index is 5.80. The van der Waals surface area contributed by atoms with Crippen LogP contribution in [0.25, 0.3) is 0 Å². The van der Waals surface area contributed by atoms with Crippen LogP contribution in [0.1, 0.15) is 16.7 Å². The molecule has 2 aromatic carbocycles. The second-order valence-corrected chi connectivity index (χ2v) is 4.77. The van der Waals surface area contributed by atoms with Gasteiger partial charge in [-0.1, -0.05) is 30.3 Å². The SMILES string of the molecule is Cc1cccc(C)c1OCCOc1cccc(CN)c1. The maximum atomic E-state index is 5.80. The van der Waals surface area contributed by atoms with Gasteiger partial charge in [-0.2, -0.15) is 0 Å². The van der Waals surface area contributed by atoms with Gasteiger partial charge < -0.3 is 15.2 Å². The van der Waals surface area contributed by atoms with Gasteiger partial charge >= 0.3 is 0 Å². The van der Waals surface area contributed by atoms with E-state index in [9.17, 15) is 0 Å². The Labute approximate surface area is 120 Å². The van der Waals surface area contributed by atoms with Crippen molar-refractivity contribution in [2.45, 2.75) is 20.4 Å². The molecule has 0 atom stereocenters. The molecule has 0 saturated carbocycles. The number of benzene rings is 2. The van der Waals surface area contributed by atoms with Crippen molar-refractivity contribution in [3.63, 3.8) is 0 Å². The standard InChI is InChI=1S/C17H21NO2/c1-13-5-3-6-14(2)17(13)20-10-9-19-16-8-4-7-15(11-16)12-18/h3-8,11H,9-10,12,18H2,1-2H3. The molecule has 0 unspecified atom stereocenters. The minimum Gasteiger partial charge on any atom is -0.490 e. The van der Waals surface area contributed by atoms with Crippen molar-refractivity contribution in [3.8, 4) is 11.5 Å². The predicted molar refractivity (Wildman–Crippen MR) is 81.2 cm³/mol. The second-order valence-electron chi connectivity index (χ2n) is 4.77. The van der Waals surface area contributed by atoms with Crippen LogP contribution in [0.2, 0.25) is 0 Å². The Morgan fingerprint density at radius 3 is 2.25 bits per heavy atom. The van der Waals surface area contributed by atoms with Crippen molar-refractivity contribution in [1.82, 2.24) is 0 Å². The van der Waals surface area contributed by atoms with E-state index in [2.05, 4.69) is 0 Å². The number of nitrogens with two attached hydrogens (primary N) is 1. The molecule has 3 nitrogen and oxygen atoms in total. The zero-order valence-electron chi connectivity index (χ0n) is 12.1. The van der Waals surface area contributed by atoms with Gasteiger partial charge in [0.15, 0.2) is 0 Å². The van der Waals surface area contributed by atoms with Crippen LogP contribution in [-0.2, 0) is 6.54 Å². The summed E-state index contributed by atoms with van der Waals surface area (Å²) in [7, 11) is 0. The van der Waals surface area contributed by atoms with E-state index in [-0.39, 0.29) is 0 Å². The molecule has 0 spiro atoms. The van der Waals surface area contributed by atoms with E-state index in [1.165, 1.54) is 0 Å². The fourth-order valence-corrected chi connectivity index (χ4v) is 2.09. The first-order valence-electron chi connectivity index (χ1n) is 6.81. The molecule has 0 heterocycles. The molecule has 0 aliphatic rings. The summed E-state index contributed by atoms with van der Waals surface area (Å²) < 4.78 is 11.5. The fourth-order valence-electron chi connectivity index (χ4n) is 2.09. The number of hydrogen-bond donors (Lipinski definition) is 1. The van der Waals surface area contributed by atoms with Crippen molar-refractivity contribution in [3.05, 3.63) is 59.2 Å². The normalized spacial score (nSPS) is 10.3. The monoisotopic (exact) mass is 271 g/mol. The lowest BCUT2D eigenvalue weighted by molar-refractivity contribution is 0.215. The van der Waals surface area contributed by atoms with Gasteiger partial charge in [-0.05, 0) is 42.7 Å². The van der Waals surface area contributed by atoms with E-state index < -0.39 is 0 Å². The third-order valence-corrected chi connectivity index (χ3v) is 3.14. The Kier molecular flexibility index (Phi) is 5.02. The predicted octanol–water partition coefficient (Wildman–Crippen LogP) is 3.22. The molecule has 20 heavy (non-hydrogen) atoms. The zero-order valence-corrected chi connectivity index (χ0v) is 12.1. The van der Waals surface area contributed by atoms with Gasteiger partial charge in [-0.25, -0.2) is 0 Å². The van der Waals surface area contributed by atoms with E-state index in [1.807, 2.05) is 56.3 Å². The fraction of sp³-hybridized carbons (Fsp3) is 0.294. The molecule has 2 rings (SSSR count). The smallest absolute Gasteiger partial charge is 0.125 e. The molecule has 3 heteroatoms. The number of aryl methyl sites for hydroxylation is 2. The van der Waals surface area contributed by atoms with E-state index in [0.717, 1.165) is 28.2 Å². The van der Waals surface area contributed by atoms with Gasteiger partial charge in [0, 0.05) is 6.54 Å². The average molecular weight is 271 g/mol. The molecule has 0 bridgehead atoms. The van der Waals surface area contributed by atoms with Crippen molar-refractivity contribution >= 4 is 0 Å². The first-order chi connectivity index (χ1) is 9.70. The Balaban J connectivity index is 1.84. The minimum absolute atomic E-state index is 0.516. The lowest BCUT2D eigenvalue weighted by atomic mass is 10.1. The Morgan fingerprint density at radius 1 is 0.900 bits per heavy atom. The molecule has 0 radical (unpaired) electrons. The topological polar surface area (TPSA) is 44.5 Å². The van der Waals surface area contributed by atoms with Gasteiger partial charge in [0.2, 0.25) is 0 Å². The molecule has 0 saturated heterocycles. The average Bonchev–Trinajstić information content (AvgIpc) is 2.46. The van der Waals surface area contributed by atoms with Crippen LogP contribution in [-0.4, -0.2) is 13.2 Å². The quantitative estimate of drug-likeness (QED) is 0.820. The van der Waals surface area contributed by atoms with Gasteiger partial charge in [-0.15, -0.1) is 0 Å². The van der Waals surface area contributed by atoms with Gasteiger partial charge in [0.05, 0.1) is 0 Å². The molecular weight excluding hydrogens is 250 g/mol. The van der Waals surface area contributed by atoms with Crippen LogP contribution in [0.5, 0.6) is 11.5 Å². The molecule has 0 aliphatic heterocycles. The highest BCUT2D eigenvalue weighted by Crippen LogP contribution is 2.22. The number of para-hydroxylation sites is 1. The molecule has 0 aliphatic carbocycles. The van der Waals surface area contributed by atoms with Crippen LogP contribution in [0.4, 0.5) is 0 Å². The van der Waals surface area contributed by atoms with Crippen molar-refractivity contribution in [2.75, 3.05) is 13.2 Å². The van der Waals surface area contributed by atoms with E-state index in [4.69, 9.17) is 15.2 Å². The zero-order chi connectivity index (χ0) is 14.4. The molecule has 0 fully saturated rings. The lowest BCUT2D eigenvalue weighted by Crippen LogP contribution is -2.10. The van der Waals surface area contributed by atoms with Crippen molar-refractivity contribution in [1.29, 1.82) is 0 Å². The number of ether oxygens (including phenoxy) is 2. The largest absolute Gasteiger partial charge is 0.490 e. The Hall–Kier alpha value is -2.00. The highest BCUT2D eigenvalue weighted by atomic mass is 16.5. The highest BCUT2D eigenvalue weighted by molar-refractivity contribution is 5.39. The van der Waals surface area contributed by atoms with Crippen LogP contribution in [0, 0.1) is 13.8 Å². The van der Waals surface area contributed by atoms with Gasteiger partial charge in [-0.3, -0.25) is 0 Å².